The molecule has 0 atom stereocenters. The van der Waals surface area contributed by atoms with Crippen LogP contribution >= 0.6 is 0 Å². The Morgan fingerprint density at radius 2 is 1.44 bits per heavy atom. The van der Waals surface area contributed by atoms with E-state index in [9.17, 15) is 0 Å². The number of H-pyrrole nitrogens is 1. The first kappa shape index (κ1) is 18.6. The standard InChI is InChI=1S/C25H22N6O/c1-2-18(25-28-11-12-29-25)14-22-17(1)13-23(31-22)21-8-7-20(15-30-21)32-19-5-3-16(4-6-19)24-26-9-10-27-24/h1-8,13-15,31H,9-12H2,(H,26,27)(H,28,29). The summed E-state index contributed by atoms with van der Waals surface area (Å²) >= 11 is 0. The Kier molecular flexibility index (Phi) is 4.57. The molecule has 0 fully saturated rings. The SMILES string of the molecule is c1cc(C2=NCCN2)ccc1Oc1ccc(-c2cc3ccc(C4=NCCN4)cc3[nH]2)nc1. The number of hydrogen-bond donors (Lipinski definition) is 3. The van der Waals surface area contributed by atoms with Gasteiger partial charge in [-0.25, -0.2) is 0 Å². The lowest BCUT2D eigenvalue weighted by Gasteiger charge is -2.07. The van der Waals surface area contributed by atoms with Gasteiger partial charge in [0.05, 0.1) is 30.7 Å². The van der Waals surface area contributed by atoms with E-state index >= 15 is 0 Å². The number of aromatic nitrogens is 2. The summed E-state index contributed by atoms with van der Waals surface area (Å²) in [5.74, 6) is 3.37. The summed E-state index contributed by atoms with van der Waals surface area (Å²) in [7, 11) is 0. The van der Waals surface area contributed by atoms with Gasteiger partial charge in [-0.2, -0.15) is 0 Å². The van der Waals surface area contributed by atoms with Crippen LogP contribution in [0.3, 0.4) is 0 Å². The second kappa shape index (κ2) is 7.85. The highest BCUT2D eigenvalue weighted by atomic mass is 16.5. The molecule has 0 saturated carbocycles. The molecule has 0 bridgehead atoms. The van der Waals surface area contributed by atoms with Gasteiger partial charge in [-0.3, -0.25) is 15.0 Å². The largest absolute Gasteiger partial charge is 0.456 e. The smallest absolute Gasteiger partial charge is 0.145 e. The normalized spacial score (nSPS) is 15.2. The fourth-order valence-electron chi connectivity index (χ4n) is 4.01. The molecule has 0 saturated heterocycles. The highest BCUT2D eigenvalue weighted by Gasteiger charge is 2.11. The Labute approximate surface area is 185 Å². The summed E-state index contributed by atoms with van der Waals surface area (Å²) in [6, 6.07) is 20.3. The Morgan fingerprint density at radius 1 is 0.719 bits per heavy atom. The molecule has 2 aliphatic heterocycles. The van der Waals surface area contributed by atoms with Gasteiger partial charge in [-0.1, -0.05) is 12.1 Å². The van der Waals surface area contributed by atoms with E-state index in [1.54, 1.807) is 6.20 Å². The van der Waals surface area contributed by atoms with Crippen molar-refractivity contribution in [3.05, 3.63) is 78.0 Å². The number of rotatable bonds is 5. The van der Waals surface area contributed by atoms with Crippen LogP contribution in [-0.4, -0.2) is 47.8 Å². The van der Waals surface area contributed by atoms with Crippen LogP contribution in [0.5, 0.6) is 11.5 Å². The highest BCUT2D eigenvalue weighted by molar-refractivity contribution is 6.03. The van der Waals surface area contributed by atoms with Crippen molar-refractivity contribution in [2.75, 3.05) is 26.2 Å². The molecule has 32 heavy (non-hydrogen) atoms. The van der Waals surface area contributed by atoms with Gasteiger partial charge in [0.15, 0.2) is 0 Å². The van der Waals surface area contributed by atoms with Crippen LogP contribution in [0.4, 0.5) is 0 Å². The zero-order chi connectivity index (χ0) is 21.3. The summed E-state index contributed by atoms with van der Waals surface area (Å²) in [6.45, 7) is 3.46. The molecule has 0 amide bonds. The molecule has 0 spiro atoms. The van der Waals surface area contributed by atoms with Gasteiger partial charge < -0.3 is 20.4 Å². The first-order chi connectivity index (χ1) is 15.8. The van der Waals surface area contributed by atoms with Gasteiger partial charge in [-0.05, 0) is 48.5 Å². The van der Waals surface area contributed by atoms with Crippen molar-refractivity contribution in [3.63, 3.8) is 0 Å². The Bertz CT molecular complexity index is 1340. The monoisotopic (exact) mass is 422 g/mol. The van der Waals surface area contributed by atoms with E-state index < -0.39 is 0 Å². The predicted octanol–water partition coefficient (Wildman–Crippen LogP) is 3.72. The average molecular weight is 422 g/mol. The second-order valence-corrected chi connectivity index (χ2v) is 7.80. The molecule has 4 aromatic rings. The molecule has 7 nitrogen and oxygen atoms in total. The Balaban J connectivity index is 1.19. The van der Waals surface area contributed by atoms with Crippen LogP contribution < -0.4 is 15.4 Å². The van der Waals surface area contributed by atoms with Crippen LogP contribution in [0.2, 0.25) is 0 Å². The fourth-order valence-corrected chi connectivity index (χ4v) is 4.01. The molecule has 2 aromatic carbocycles. The third-order valence-corrected chi connectivity index (χ3v) is 5.62. The van der Waals surface area contributed by atoms with E-state index in [4.69, 9.17) is 4.74 Å². The third-order valence-electron chi connectivity index (χ3n) is 5.62. The Hall–Kier alpha value is -4.13. The van der Waals surface area contributed by atoms with E-state index in [0.717, 1.165) is 77.0 Å². The fraction of sp³-hybridized carbons (Fsp3) is 0.160. The molecular weight excluding hydrogens is 400 g/mol. The summed E-state index contributed by atoms with van der Waals surface area (Å²) in [5.41, 5.74) is 5.08. The molecular formula is C25H22N6O. The first-order valence-corrected chi connectivity index (χ1v) is 10.8. The average Bonchev–Trinajstić information content (AvgIpc) is 3.61. The molecule has 4 heterocycles. The number of hydrogen-bond acceptors (Lipinski definition) is 6. The van der Waals surface area contributed by atoms with Gasteiger partial charge in [-0.15, -0.1) is 0 Å². The van der Waals surface area contributed by atoms with Crippen LogP contribution in [0.1, 0.15) is 11.1 Å². The van der Waals surface area contributed by atoms with E-state index in [2.05, 4.69) is 54.9 Å². The van der Waals surface area contributed by atoms with E-state index in [1.165, 1.54) is 0 Å². The molecule has 0 aliphatic carbocycles. The highest BCUT2D eigenvalue weighted by Crippen LogP contribution is 2.27. The topological polar surface area (TPSA) is 86.7 Å². The molecule has 0 unspecified atom stereocenters. The maximum atomic E-state index is 5.97. The van der Waals surface area contributed by atoms with Crippen molar-refractivity contribution >= 4 is 22.6 Å². The van der Waals surface area contributed by atoms with E-state index in [1.807, 2.05) is 36.4 Å². The molecule has 3 N–H and O–H groups in total. The number of ether oxygens (including phenoxy) is 1. The minimum absolute atomic E-state index is 0.696. The van der Waals surface area contributed by atoms with Gasteiger partial charge >= 0.3 is 0 Å². The number of aromatic amines is 1. The summed E-state index contributed by atoms with van der Waals surface area (Å²) < 4.78 is 5.97. The van der Waals surface area contributed by atoms with Crippen molar-refractivity contribution in [1.29, 1.82) is 0 Å². The minimum atomic E-state index is 0.696. The van der Waals surface area contributed by atoms with Gasteiger partial charge in [0.2, 0.25) is 0 Å². The van der Waals surface area contributed by atoms with Crippen molar-refractivity contribution in [2.24, 2.45) is 9.98 Å². The number of aliphatic imine (C=N–C) groups is 2. The van der Waals surface area contributed by atoms with Crippen LogP contribution in [0, 0.1) is 0 Å². The number of benzene rings is 2. The molecule has 158 valence electrons. The molecule has 7 heteroatoms. The number of amidine groups is 2. The van der Waals surface area contributed by atoms with E-state index in [-0.39, 0.29) is 0 Å². The van der Waals surface area contributed by atoms with Crippen LogP contribution in [-0.2, 0) is 0 Å². The number of pyridine rings is 1. The zero-order valence-electron chi connectivity index (χ0n) is 17.4. The van der Waals surface area contributed by atoms with Crippen LogP contribution in [0.15, 0.2) is 76.8 Å². The van der Waals surface area contributed by atoms with Crippen LogP contribution in [0.25, 0.3) is 22.3 Å². The summed E-state index contributed by atoms with van der Waals surface area (Å²) in [6.07, 6.45) is 1.75. The van der Waals surface area contributed by atoms with Crippen molar-refractivity contribution in [1.82, 2.24) is 20.6 Å². The summed E-state index contributed by atoms with van der Waals surface area (Å²) in [4.78, 5) is 17.0. The quantitative estimate of drug-likeness (QED) is 0.458. The number of fused-ring (bicyclic) bond motifs is 1. The van der Waals surface area contributed by atoms with Crippen molar-refractivity contribution in [3.8, 4) is 22.9 Å². The molecule has 2 aliphatic rings. The molecule has 2 aromatic heterocycles. The second-order valence-electron chi connectivity index (χ2n) is 7.80. The van der Waals surface area contributed by atoms with Gasteiger partial charge in [0.1, 0.15) is 23.2 Å². The lowest BCUT2D eigenvalue weighted by molar-refractivity contribution is 0.480. The number of nitrogens with zero attached hydrogens (tertiary/aromatic N) is 3. The van der Waals surface area contributed by atoms with Crippen molar-refractivity contribution in [2.45, 2.75) is 0 Å². The van der Waals surface area contributed by atoms with Gasteiger partial charge in [0.25, 0.3) is 0 Å². The van der Waals surface area contributed by atoms with Crippen molar-refractivity contribution < 1.29 is 4.74 Å². The first-order valence-electron chi connectivity index (χ1n) is 10.8. The minimum Gasteiger partial charge on any atom is -0.456 e. The maximum absolute atomic E-state index is 5.97. The summed E-state index contributed by atoms with van der Waals surface area (Å²) in [5, 5.41) is 7.74. The maximum Gasteiger partial charge on any atom is 0.145 e. The number of nitrogens with one attached hydrogen (secondary N) is 3. The Morgan fingerprint density at radius 3 is 2.12 bits per heavy atom. The lowest BCUT2D eigenvalue weighted by Crippen LogP contribution is -2.19. The molecule has 0 radical (unpaired) electrons. The zero-order valence-corrected chi connectivity index (χ0v) is 17.4. The third kappa shape index (κ3) is 3.58. The van der Waals surface area contributed by atoms with E-state index in [0.29, 0.717) is 5.75 Å². The molecule has 6 rings (SSSR count). The predicted molar refractivity (Wildman–Crippen MR) is 127 cm³/mol. The lowest BCUT2D eigenvalue weighted by atomic mass is 10.1. The van der Waals surface area contributed by atoms with Gasteiger partial charge in [0, 0.05) is 35.1 Å².